The first kappa shape index (κ1) is 19.2. The summed E-state index contributed by atoms with van der Waals surface area (Å²) in [6.45, 7) is 2.25. The summed E-state index contributed by atoms with van der Waals surface area (Å²) >= 11 is 0. The molecule has 1 atom stereocenters. The number of aliphatic carboxylic acids is 1. The number of hydrogen-bond acceptors (Lipinski definition) is 4. The molecule has 27 heavy (non-hydrogen) atoms. The fourth-order valence-electron chi connectivity index (χ4n) is 3.35. The van der Waals surface area contributed by atoms with Crippen molar-refractivity contribution in [3.8, 4) is 0 Å². The number of aromatic nitrogens is 1. The van der Waals surface area contributed by atoms with Gasteiger partial charge in [0.05, 0.1) is 10.5 Å². The van der Waals surface area contributed by atoms with Crippen LogP contribution in [-0.2, 0) is 33.1 Å². The molecule has 0 bridgehead atoms. The lowest BCUT2D eigenvalue weighted by Crippen LogP contribution is -2.49. The van der Waals surface area contributed by atoms with Gasteiger partial charge in [-0.05, 0) is 49.9 Å². The van der Waals surface area contributed by atoms with E-state index in [1.54, 1.807) is 6.07 Å². The first-order valence-corrected chi connectivity index (χ1v) is 10.6. The molecule has 1 unspecified atom stereocenters. The summed E-state index contributed by atoms with van der Waals surface area (Å²) in [5, 5.41) is 12.4. The number of nitrogens with one attached hydrogen (secondary N) is 1. The molecule has 2 aromatic rings. The van der Waals surface area contributed by atoms with E-state index in [1.165, 1.54) is 31.2 Å². The van der Waals surface area contributed by atoms with Crippen molar-refractivity contribution in [2.75, 3.05) is 6.26 Å². The maximum absolute atomic E-state index is 12.8. The van der Waals surface area contributed by atoms with Crippen LogP contribution in [0.15, 0.2) is 41.4 Å². The van der Waals surface area contributed by atoms with E-state index in [4.69, 9.17) is 0 Å². The number of carboxylic acids is 1. The van der Waals surface area contributed by atoms with Gasteiger partial charge >= 0.3 is 5.97 Å². The lowest BCUT2D eigenvalue weighted by atomic mass is 9.91. The number of sulfone groups is 1. The standard InChI is InChI=1S/C19H22N2O5S/c1-19(18(23)24,13-6-8-14(9-7-13)27(2,25)26)20-17(22)15-10-12-21-11-4-3-5-16(15)21/h6-10,12H,3-5,11H2,1-2H3,(H,20,22)(H,23,24). The molecule has 2 heterocycles. The number of carbonyl (C=O) groups is 2. The number of aryl methyl sites for hydroxylation is 1. The SMILES string of the molecule is CC(NC(=O)c1ccn2c1CCCC2)(C(=O)O)c1ccc(S(C)(=O)=O)cc1. The number of benzene rings is 1. The lowest BCUT2D eigenvalue weighted by molar-refractivity contribution is -0.144. The van der Waals surface area contributed by atoms with Crippen LogP contribution in [0.3, 0.4) is 0 Å². The van der Waals surface area contributed by atoms with Crippen LogP contribution in [-0.4, -0.2) is 36.2 Å². The summed E-state index contributed by atoms with van der Waals surface area (Å²) in [7, 11) is -3.39. The highest BCUT2D eigenvalue weighted by Gasteiger charge is 2.38. The van der Waals surface area contributed by atoms with Crippen molar-refractivity contribution >= 4 is 21.7 Å². The van der Waals surface area contributed by atoms with Gasteiger partial charge in [-0.15, -0.1) is 0 Å². The number of carbonyl (C=O) groups excluding carboxylic acids is 1. The van der Waals surface area contributed by atoms with Gasteiger partial charge < -0.3 is 15.0 Å². The van der Waals surface area contributed by atoms with E-state index in [-0.39, 0.29) is 4.90 Å². The van der Waals surface area contributed by atoms with Crippen molar-refractivity contribution in [1.82, 2.24) is 9.88 Å². The molecular formula is C19H22N2O5S. The Labute approximate surface area is 157 Å². The van der Waals surface area contributed by atoms with E-state index in [0.29, 0.717) is 11.1 Å². The van der Waals surface area contributed by atoms with Crippen LogP contribution in [0, 0.1) is 0 Å². The molecule has 8 heteroatoms. The second-order valence-electron chi connectivity index (χ2n) is 7.01. The van der Waals surface area contributed by atoms with E-state index in [1.807, 2.05) is 10.8 Å². The van der Waals surface area contributed by atoms with Gasteiger partial charge in [-0.2, -0.15) is 0 Å². The van der Waals surface area contributed by atoms with Gasteiger partial charge in [-0.1, -0.05) is 12.1 Å². The van der Waals surface area contributed by atoms with Crippen LogP contribution < -0.4 is 5.32 Å². The molecule has 0 saturated carbocycles. The summed E-state index contributed by atoms with van der Waals surface area (Å²) < 4.78 is 25.2. The summed E-state index contributed by atoms with van der Waals surface area (Å²) in [6, 6.07) is 7.24. The van der Waals surface area contributed by atoms with Crippen molar-refractivity contribution in [3.05, 3.63) is 53.3 Å². The van der Waals surface area contributed by atoms with Gasteiger partial charge in [-0.25, -0.2) is 13.2 Å². The van der Waals surface area contributed by atoms with E-state index in [9.17, 15) is 23.1 Å². The van der Waals surface area contributed by atoms with Crippen molar-refractivity contribution in [2.45, 2.75) is 43.2 Å². The zero-order valence-corrected chi connectivity index (χ0v) is 16.0. The Morgan fingerprint density at radius 1 is 1.15 bits per heavy atom. The van der Waals surface area contributed by atoms with Gasteiger partial charge in [0, 0.05) is 24.7 Å². The highest BCUT2D eigenvalue weighted by atomic mass is 32.2. The maximum Gasteiger partial charge on any atom is 0.333 e. The average Bonchev–Trinajstić information content (AvgIpc) is 3.05. The highest BCUT2D eigenvalue weighted by molar-refractivity contribution is 7.90. The van der Waals surface area contributed by atoms with Gasteiger partial charge in [0.2, 0.25) is 0 Å². The Kier molecular flexibility index (Phi) is 4.86. The van der Waals surface area contributed by atoms with Crippen LogP contribution in [0.1, 0.15) is 41.4 Å². The Hall–Kier alpha value is -2.61. The van der Waals surface area contributed by atoms with E-state index < -0.39 is 27.3 Å². The molecule has 0 saturated heterocycles. The predicted octanol–water partition coefficient (Wildman–Crippen LogP) is 1.96. The lowest BCUT2D eigenvalue weighted by Gasteiger charge is -2.27. The van der Waals surface area contributed by atoms with E-state index in [0.717, 1.165) is 37.8 Å². The highest BCUT2D eigenvalue weighted by Crippen LogP contribution is 2.25. The van der Waals surface area contributed by atoms with Gasteiger partial charge in [-0.3, -0.25) is 4.79 Å². The van der Waals surface area contributed by atoms with Gasteiger partial charge in [0.15, 0.2) is 15.4 Å². The van der Waals surface area contributed by atoms with Crippen molar-refractivity contribution < 1.29 is 23.1 Å². The Bertz CT molecular complexity index is 992. The van der Waals surface area contributed by atoms with Gasteiger partial charge in [0.25, 0.3) is 5.91 Å². The zero-order chi connectivity index (χ0) is 19.8. The van der Waals surface area contributed by atoms with Gasteiger partial charge in [0.1, 0.15) is 0 Å². The Balaban J connectivity index is 1.92. The number of carboxylic acid groups (broad SMARTS) is 1. The Morgan fingerprint density at radius 3 is 2.41 bits per heavy atom. The minimum absolute atomic E-state index is 0.0896. The largest absolute Gasteiger partial charge is 0.479 e. The molecule has 0 spiro atoms. The second-order valence-corrected chi connectivity index (χ2v) is 9.02. The summed E-state index contributed by atoms with van der Waals surface area (Å²) in [4.78, 5) is 24.9. The quantitative estimate of drug-likeness (QED) is 0.812. The molecular weight excluding hydrogens is 368 g/mol. The molecule has 7 nitrogen and oxygen atoms in total. The van der Waals surface area contributed by atoms with Crippen molar-refractivity contribution in [3.63, 3.8) is 0 Å². The molecule has 1 aliphatic heterocycles. The van der Waals surface area contributed by atoms with Crippen LogP contribution >= 0.6 is 0 Å². The third-order valence-corrected chi connectivity index (χ3v) is 6.17. The molecule has 2 N–H and O–H groups in total. The number of nitrogens with zero attached hydrogens (tertiary/aromatic N) is 1. The van der Waals surface area contributed by atoms with E-state index >= 15 is 0 Å². The number of fused-ring (bicyclic) bond motifs is 1. The molecule has 0 fully saturated rings. The topological polar surface area (TPSA) is 105 Å². The number of amides is 1. The molecule has 0 aliphatic carbocycles. The monoisotopic (exact) mass is 390 g/mol. The number of hydrogen-bond donors (Lipinski definition) is 2. The minimum Gasteiger partial charge on any atom is -0.479 e. The summed E-state index contributed by atoms with van der Waals surface area (Å²) in [5.74, 6) is -1.68. The molecule has 1 amide bonds. The molecule has 144 valence electrons. The fourth-order valence-corrected chi connectivity index (χ4v) is 3.98. The predicted molar refractivity (Wildman–Crippen MR) is 99.4 cm³/mol. The average molecular weight is 390 g/mol. The minimum atomic E-state index is -3.39. The smallest absolute Gasteiger partial charge is 0.333 e. The Morgan fingerprint density at radius 2 is 1.81 bits per heavy atom. The maximum atomic E-state index is 12.8. The van der Waals surface area contributed by atoms with Crippen LogP contribution in [0.4, 0.5) is 0 Å². The zero-order valence-electron chi connectivity index (χ0n) is 15.2. The normalized spacial score (nSPS) is 16.2. The van der Waals surface area contributed by atoms with Crippen LogP contribution in [0.2, 0.25) is 0 Å². The fraction of sp³-hybridized carbons (Fsp3) is 0.368. The first-order chi connectivity index (χ1) is 12.6. The third kappa shape index (κ3) is 3.62. The first-order valence-electron chi connectivity index (χ1n) is 8.67. The summed E-state index contributed by atoms with van der Waals surface area (Å²) in [6.07, 6.45) is 5.76. The molecule has 1 aromatic heterocycles. The number of rotatable bonds is 5. The van der Waals surface area contributed by atoms with E-state index in [2.05, 4.69) is 5.32 Å². The summed E-state index contributed by atoms with van der Waals surface area (Å²) in [5.41, 5.74) is 0.00836. The van der Waals surface area contributed by atoms with Crippen molar-refractivity contribution in [1.29, 1.82) is 0 Å². The van der Waals surface area contributed by atoms with Crippen LogP contribution in [0.5, 0.6) is 0 Å². The molecule has 1 aliphatic rings. The van der Waals surface area contributed by atoms with Crippen molar-refractivity contribution in [2.24, 2.45) is 0 Å². The molecule has 3 rings (SSSR count). The third-order valence-electron chi connectivity index (χ3n) is 5.04. The molecule has 0 radical (unpaired) electrons. The van der Waals surface area contributed by atoms with Crippen LogP contribution in [0.25, 0.3) is 0 Å². The second kappa shape index (κ2) is 6.84. The molecule has 1 aromatic carbocycles.